The topological polar surface area (TPSA) is 155 Å². The van der Waals surface area contributed by atoms with E-state index in [0.717, 1.165) is 24.0 Å². The van der Waals surface area contributed by atoms with E-state index in [2.05, 4.69) is 20.9 Å². The highest BCUT2D eigenvalue weighted by Gasteiger charge is 2.37. The second-order valence-corrected chi connectivity index (χ2v) is 9.06. The molecule has 0 bridgehead atoms. The molecule has 4 N–H and O–H groups in total. The molecule has 11 heteroatoms. The maximum atomic E-state index is 12.7. The van der Waals surface area contributed by atoms with Gasteiger partial charge in [-0.2, -0.15) is 0 Å². The second kappa shape index (κ2) is 10.2. The van der Waals surface area contributed by atoms with Crippen LogP contribution in [0, 0.1) is 5.92 Å². The molecule has 11 nitrogen and oxygen atoms in total. The quantitative estimate of drug-likeness (QED) is 0.267. The summed E-state index contributed by atoms with van der Waals surface area (Å²) in [7, 11) is 1.54. The van der Waals surface area contributed by atoms with Gasteiger partial charge in [0.25, 0.3) is 11.8 Å². The molecule has 1 fully saturated rings. The van der Waals surface area contributed by atoms with Crippen LogP contribution in [0.3, 0.4) is 0 Å². The Morgan fingerprint density at radius 2 is 1.89 bits per heavy atom. The van der Waals surface area contributed by atoms with Crippen molar-refractivity contribution >= 4 is 29.3 Å². The Hall–Kier alpha value is -4.93. The van der Waals surface area contributed by atoms with Crippen molar-refractivity contribution in [1.29, 1.82) is 0 Å². The van der Waals surface area contributed by atoms with E-state index >= 15 is 0 Å². The van der Waals surface area contributed by atoms with Crippen LogP contribution in [0.1, 0.15) is 49.8 Å². The first kappa shape index (κ1) is 24.8. The number of rotatable bonds is 9. The molecule has 1 unspecified atom stereocenters. The van der Waals surface area contributed by atoms with Crippen LogP contribution in [0.15, 0.2) is 65.3 Å². The average Bonchev–Trinajstić information content (AvgIpc) is 3.47. The van der Waals surface area contributed by atoms with Gasteiger partial charge in [0.2, 0.25) is 5.91 Å². The molecule has 1 aliphatic rings. The van der Waals surface area contributed by atoms with Gasteiger partial charge >= 0.3 is 5.97 Å². The zero-order chi connectivity index (χ0) is 26.8. The van der Waals surface area contributed by atoms with E-state index in [1.807, 2.05) is 24.3 Å². The van der Waals surface area contributed by atoms with Crippen LogP contribution in [0.2, 0.25) is 0 Å². The molecule has 3 amide bonds. The minimum atomic E-state index is -1.07. The van der Waals surface area contributed by atoms with Crippen LogP contribution in [-0.4, -0.2) is 51.3 Å². The van der Waals surface area contributed by atoms with Crippen molar-refractivity contribution in [2.24, 2.45) is 5.92 Å². The summed E-state index contributed by atoms with van der Waals surface area (Å²) >= 11 is 0. The van der Waals surface area contributed by atoms with Gasteiger partial charge in [-0.25, -0.2) is 9.78 Å². The fraction of sp³-hybridized carbons (Fsp3) is 0.222. The second-order valence-electron chi connectivity index (χ2n) is 9.06. The van der Waals surface area contributed by atoms with E-state index in [-0.39, 0.29) is 35.4 Å². The standard InChI is InChI=1S/C27H25N5O6/c1-28-26(35)23(16-5-6-16)31-25(34)21-9-8-20(38-21)17-4-2-3-15(11-17)12-29-24(33)19-14-32-13-18(27(36)37)7-10-22(32)30-19/h2-4,7-11,13-14,16,23H,5-6,12H2,1H3,(H,28,35)(H,29,33)(H,31,34)(H,36,37). The van der Waals surface area contributed by atoms with Crippen LogP contribution in [-0.2, 0) is 11.3 Å². The van der Waals surface area contributed by atoms with Gasteiger partial charge in [-0.05, 0) is 54.7 Å². The summed E-state index contributed by atoms with van der Waals surface area (Å²) < 4.78 is 7.26. The summed E-state index contributed by atoms with van der Waals surface area (Å²) in [5, 5.41) is 17.3. The number of imidazole rings is 1. The third-order valence-corrected chi connectivity index (χ3v) is 6.33. The lowest BCUT2D eigenvalue weighted by molar-refractivity contribution is -0.122. The highest BCUT2D eigenvalue weighted by atomic mass is 16.4. The molecule has 1 atom stereocenters. The Morgan fingerprint density at radius 3 is 2.63 bits per heavy atom. The van der Waals surface area contributed by atoms with Crippen molar-refractivity contribution in [3.8, 4) is 11.3 Å². The lowest BCUT2D eigenvalue weighted by atomic mass is 10.1. The molecule has 0 radical (unpaired) electrons. The molecule has 1 aromatic carbocycles. The molecule has 0 spiro atoms. The van der Waals surface area contributed by atoms with Gasteiger partial charge in [0.05, 0.1) is 5.56 Å². The Kier molecular flexibility index (Phi) is 6.65. The van der Waals surface area contributed by atoms with Crippen LogP contribution in [0.25, 0.3) is 17.0 Å². The number of nitrogens with zero attached hydrogens (tertiary/aromatic N) is 2. The Morgan fingerprint density at radius 1 is 1.08 bits per heavy atom. The maximum Gasteiger partial charge on any atom is 0.337 e. The highest BCUT2D eigenvalue weighted by molar-refractivity contribution is 5.96. The van der Waals surface area contributed by atoms with Gasteiger partial charge in [-0.15, -0.1) is 0 Å². The first-order valence-electron chi connectivity index (χ1n) is 12.0. The van der Waals surface area contributed by atoms with E-state index in [1.54, 1.807) is 19.2 Å². The van der Waals surface area contributed by atoms with Gasteiger partial charge < -0.3 is 29.9 Å². The van der Waals surface area contributed by atoms with Crippen molar-refractivity contribution in [1.82, 2.24) is 25.3 Å². The number of carboxylic acid groups (broad SMARTS) is 1. The lowest BCUT2D eigenvalue weighted by Gasteiger charge is -2.15. The number of aromatic nitrogens is 2. The normalized spacial score (nSPS) is 13.6. The molecule has 3 aromatic heterocycles. The summed E-state index contributed by atoms with van der Waals surface area (Å²) in [6, 6.07) is 12.9. The number of hydrogen-bond acceptors (Lipinski definition) is 6. The molecular formula is C27H25N5O6. The predicted molar refractivity (Wildman–Crippen MR) is 136 cm³/mol. The highest BCUT2D eigenvalue weighted by Crippen LogP contribution is 2.33. The van der Waals surface area contributed by atoms with Crippen molar-refractivity contribution in [2.45, 2.75) is 25.4 Å². The van der Waals surface area contributed by atoms with E-state index in [0.29, 0.717) is 11.4 Å². The van der Waals surface area contributed by atoms with Crippen LogP contribution >= 0.6 is 0 Å². The number of carbonyl (C=O) groups is 4. The number of hydrogen-bond donors (Lipinski definition) is 4. The van der Waals surface area contributed by atoms with Gasteiger partial charge in [0, 0.05) is 31.5 Å². The smallest absolute Gasteiger partial charge is 0.337 e. The van der Waals surface area contributed by atoms with Crippen LogP contribution in [0.5, 0.6) is 0 Å². The van der Waals surface area contributed by atoms with E-state index in [1.165, 1.54) is 28.9 Å². The molecule has 1 aliphatic carbocycles. The molecule has 0 saturated heterocycles. The van der Waals surface area contributed by atoms with Gasteiger partial charge in [0.15, 0.2) is 5.76 Å². The number of pyridine rings is 1. The lowest BCUT2D eigenvalue weighted by Crippen LogP contribution is -2.47. The molecule has 38 heavy (non-hydrogen) atoms. The van der Waals surface area contributed by atoms with Gasteiger partial charge in [-0.1, -0.05) is 18.2 Å². The molecule has 1 saturated carbocycles. The Balaban J connectivity index is 1.23. The van der Waals surface area contributed by atoms with Crippen LogP contribution in [0.4, 0.5) is 0 Å². The Bertz CT molecular complexity index is 1550. The van der Waals surface area contributed by atoms with Gasteiger partial charge in [0.1, 0.15) is 23.1 Å². The number of likely N-dealkylation sites (N-methyl/N-ethyl adjacent to an activating group) is 1. The third kappa shape index (κ3) is 5.26. The van der Waals surface area contributed by atoms with E-state index < -0.39 is 23.8 Å². The minimum Gasteiger partial charge on any atom is -0.478 e. The monoisotopic (exact) mass is 515 g/mol. The molecule has 194 valence electrons. The number of aromatic carboxylic acids is 1. The summed E-state index contributed by atoms with van der Waals surface area (Å²) in [5.41, 5.74) is 2.22. The average molecular weight is 516 g/mol. The zero-order valence-corrected chi connectivity index (χ0v) is 20.4. The Labute approximate surface area is 216 Å². The SMILES string of the molecule is CNC(=O)C(NC(=O)c1ccc(-c2cccc(CNC(=O)c3cn4cc(C(=O)O)ccc4n3)c2)o1)C1CC1. The number of carbonyl (C=O) groups excluding carboxylic acids is 3. The number of fused-ring (bicyclic) bond motifs is 1. The summed E-state index contributed by atoms with van der Waals surface area (Å²) in [5.74, 6) is -1.44. The predicted octanol–water partition coefficient (Wildman–Crippen LogP) is 2.48. The van der Waals surface area contributed by atoms with Crippen LogP contribution < -0.4 is 16.0 Å². The van der Waals surface area contributed by atoms with Crippen molar-refractivity contribution < 1.29 is 28.7 Å². The molecule has 5 rings (SSSR count). The number of benzene rings is 1. The minimum absolute atomic E-state index is 0.0893. The fourth-order valence-corrected chi connectivity index (χ4v) is 4.15. The first-order valence-corrected chi connectivity index (χ1v) is 12.0. The number of amides is 3. The van der Waals surface area contributed by atoms with E-state index in [4.69, 9.17) is 9.52 Å². The summed E-state index contributed by atoms with van der Waals surface area (Å²) in [4.78, 5) is 52.8. The van der Waals surface area contributed by atoms with Gasteiger partial charge in [-0.3, -0.25) is 14.4 Å². The fourth-order valence-electron chi connectivity index (χ4n) is 4.15. The zero-order valence-electron chi connectivity index (χ0n) is 20.4. The summed E-state index contributed by atoms with van der Waals surface area (Å²) in [6.45, 7) is 0.212. The third-order valence-electron chi connectivity index (χ3n) is 6.33. The molecule has 4 aromatic rings. The van der Waals surface area contributed by atoms with Crippen molar-refractivity contribution in [3.05, 3.63) is 83.5 Å². The molecule has 3 heterocycles. The molecule has 0 aliphatic heterocycles. The first-order chi connectivity index (χ1) is 18.3. The largest absolute Gasteiger partial charge is 0.478 e. The summed E-state index contributed by atoms with van der Waals surface area (Å²) in [6.07, 6.45) is 4.66. The number of furan rings is 1. The number of carboxylic acids is 1. The van der Waals surface area contributed by atoms with Crippen molar-refractivity contribution in [2.75, 3.05) is 7.05 Å². The maximum absolute atomic E-state index is 12.7. The van der Waals surface area contributed by atoms with Crippen molar-refractivity contribution in [3.63, 3.8) is 0 Å². The number of nitrogens with one attached hydrogen (secondary N) is 3. The molecular weight excluding hydrogens is 490 g/mol. The van der Waals surface area contributed by atoms with E-state index in [9.17, 15) is 19.2 Å².